The fourth-order valence-corrected chi connectivity index (χ4v) is 4.12. The van der Waals surface area contributed by atoms with Crippen LogP contribution < -0.4 is 4.74 Å². The molecule has 1 heterocycles. The Labute approximate surface area is 177 Å². The lowest BCUT2D eigenvalue weighted by Gasteiger charge is -2.08. The summed E-state index contributed by atoms with van der Waals surface area (Å²) in [6.45, 7) is 0. The van der Waals surface area contributed by atoms with Crippen molar-refractivity contribution in [3.05, 3.63) is 76.7 Å². The van der Waals surface area contributed by atoms with E-state index < -0.39 is 0 Å². The summed E-state index contributed by atoms with van der Waals surface area (Å²) >= 11 is 6.52. The molecule has 3 aromatic carbocycles. The van der Waals surface area contributed by atoms with E-state index in [4.69, 9.17) is 17.0 Å². The first kappa shape index (κ1) is 19.2. The van der Waals surface area contributed by atoms with E-state index in [2.05, 4.69) is 5.10 Å². The van der Waals surface area contributed by atoms with E-state index in [1.165, 1.54) is 23.0 Å². The second kappa shape index (κ2) is 8.06. The molecule has 3 aromatic rings. The number of hydrazone groups is 1. The SMILES string of the molecule is COc1ccc(C=C2SC(=S)N(/N=C/c3c(O)ccc4ccccc34)C2=O)cc1. The number of ether oxygens (including phenoxy) is 1. The quantitative estimate of drug-likeness (QED) is 0.374. The van der Waals surface area contributed by atoms with Crippen molar-refractivity contribution in [2.75, 3.05) is 7.11 Å². The van der Waals surface area contributed by atoms with Crippen LogP contribution in [-0.2, 0) is 4.79 Å². The van der Waals surface area contributed by atoms with Gasteiger partial charge in [-0.2, -0.15) is 10.1 Å². The molecular formula is C22H16N2O3S2. The molecule has 0 atom stereocenters. The van der Waals surface area contributed by atoms with Crippen molar-refractivity contribution in [2.24, 2.45) is 5.10 Å². The van der Waals surface area contributed by atoms with Crippen molar-refractivity contribution in [3.63, 3.8) is 0 Å². The van der Waals surface area contributed by atoms with Gasteiger partial charge in [0.15, 0.2) is 4.32 Å². The predicted octanol–water partition coefficient (Wildman–Crippen LogP) is 4.79. The van der Waals surface area contributed by atoms with Gasteiger partial charge >= 0.3 is 0 Å². The number of amides is 1. The van der Waals surface area contributed by atoms with E-state index >= 15 is 0 Å². The summed E-state index contributed by atoms with van der Waals surface area (Å²) in [5.74, 6) is 0.535. The van der Waals surface area contributed by atoms with Gasteiger partial charge in [-0.1, -0.05) is 54.2 Å². The van der Waals surface area contributed by atoms with Crippen molar-refractivity contribution < 1.29 is 14.6 Å². The third kappa shape index (κ3) is 3.87. The number of thiocarbonyl (C=S) groups is 1. The van der Waals surface area contributed by atoms with Crippen LogP contribution in [0.2, 0.25) is 0 Å². The molecule has 0 radical (unpaired) electrons. The number of carbonyl (C=O) groups is 1. The number of rotatable bonds is 4. The molecule has 0 bridgehead atoms. The molecule has 1 fully saturated rings. The first-order chi connectivity index (χ1) is 14.1. The van der Waals surface area contributed by atoms with Crippen LogP contribution in [0.25, 0.3) is 16.8 Å². The number of phenolic OH excluding ortho intramolecular Hbond substituents is 1. The first-order valence-electron chi connectivity index (χ1n) is 8.73. The maximum Gasteiger partial charge on any atom is 0.286 e. The number of fused-ring (bicyclic) bond motifs is 1. The summed E-state index contributed by atoms with van der Waals surface area (Å²) < 4.78 is 5.49. The van der Waals surface area contributed by atoms with E-state index in [1.807, 2.05) is 54.6 Å². The first-order valence-corrected chi connectivity index (χ1v) is 9.96. The van der Waals surface area contributed by atoms with Gasteiger partial charge in [0.25, 0.3) is 5.91 Å². The fourth-order valence-electron chi connectivity index (χ4n) is 2.95. The highest BCUT2D eigenvalue weighted by molar-refractivity contribution is 8.26. The lowest BCUT2D eigenvalue weighted by Crippen LogP contribution is -2.22. The van der Waals surface area contributed by atoms with Crippen LogP contribution in [0, 0.1) is 0 Å². The van der Waals surface area contributed by atoms with Crippen molar-refractivity contribution in [1.29, 1.82) is 0 Å². The number of hydrogen-bond donors (Lipinski definition) is 1. The fraction of sp³-hybridized carbons (Fsp3) is 0.0455. The van der Waals surface area contributed by atoms with Crippen LogP contribution >= 0.6 is 24.0 Å². The van der Waals surface area contributed by atoms with Gasteiger partial charge < -0.3 is 9.84 Å². The molecule has 0 aromatic heterocycles. The zero-order chi connectivity index (χ0) is 20.4. The highest BCUT2D eigenvalue weighted by Gasteiger charge is 2.32. The molecule has 1 N–H and O–H groups in total. The largest absolute Gasteiger partial charge is 0.507 e. The minimum Gasteiger partial charge on any atom is -0.507 e. The molecule has 29 heavy (non-hydrogen) atoms. The molecule has 5 nitrogen and oxygen atoms in total. The zero-order valence-corrected chi connectivity index (χ0v) is 17.0. The Morgan fingerprint density at radius 1 is 1.10 bits per heavy atom. The zero-order valence-electron chi connectivity index (χ0n) is 15.4. The topological polar surface area (TPSA) is 62.1 Å². The van der Waals surface area contributed by atoms with Gasteiger partial charge in [0.05, 0.1) is 18.2 Å². The second-order valence-electron chi connectivity index (χ2n) is 6.23. The maximum atomic E-state index is 12.8. The van der Waals surface area contributed by atoms with Crippen molar-refractivity contribution >= 4 is 57.3 Å². The summed E-state index contributed by atoms with van der Waals surface area (Å²) in [4.78, 5) is 13.2. The van der Waals surface area contributed by atoms with Gasteiger partial charge in [-0.15, -0.1) is 0 Å². The predicted molar refractivity (Wildman–Crippen MR) is 121 cm³/mol. The van der Waals surface area contributed by atoms with Crippen LogP contribution in [0.5, 0.6) is 11.5 Å². The summed E-state index contributed by atoms with van der Waals surface area (Å²) in [5, 5.41) is 17.5. The van der Waals surface area contributed by atoms with Crippen LogP contribution in [-0.4, -0.2) is 33.7 Å². The van der Waals surface area contributed by atoms with E-state index in [1.54, 1.807) is 19.3 Å². The number of aromatic hydroxyl groups is 1. The molecule has 7 heteroatoms. The van der Waals surface area contributed by atoms with E-state index in [0.717, 1.165) is 22.1 Å². The molecule has 1 aliphatic rings. The van der Waals surface area contributed by atoms with Gasteiger partial charge in [0.1, 0.15) is 11.5 Å². The van der Waals surface area contributed by atoms with E-state index in [-0.39, 0.29) is 11.7 Å². The summed E-state index contributed by atoms with van der Waals surface area (Å²) in [6.07, 6.45) is 3.24. The molecule has 1 aliphatic heterocycles. The van der Waals surface area contributed by atoms with Gasteiger partial charge in [-0.25, -0.2) is 0 Å². The smallest absolute Gasteiger partial charge is 0.286 e. The third-order valence-corrected chi connectivity index (χ3v) is 5.72. The normalized spacial score (nSPS) is 15.8. The summed E-state index contributed by atoms with van der Waals surface area (Å²) in [6, 6.07) is 18.5. The van der Waals surface area contributed by atoms with Gasteiger partial charge in [0, 0.05) is 5.56 Å². The third-order valence-electron chi connectivity index (χ3n) is 4.44. The monoisotopic (exact) mass is 420 g/mol. The lowest BCUT2D eigenvalue weighted by atomic mass is 10.0. The molecule has 4 rings (SSSR count). The number of phenols is 1. The second-order valence-corrected chi connectivity index (χ2v) is 7.91. The van der Waals surface area contributed by atoms with Crippen LogP contribution in [0.15, 0.2) is 70.7 Å². The maximum absolute atomic E-state index is 12.8. The summed E-state index contributed by atoms with van der Waals surface area (Å²) in [5.41, 5.74) is 1.40. The highest BCUT2D eigenvalue weighted by atomic mass is 32.2. The Morgan fingerprint density at radius 3 is 2.62 bits per heavy atom. The van der Waals surface area contributed by atoms with Gasteiger partial charge in [0.2, 0.25) is 0 Å². The molecule has 0 spiro atoms. The molecule has 144 valence electrons. The Hall–Kier alpha value is -3.16. The molecule has 1 saturated heterocycles. The van der Waals surface area contributed by atoms with Crippen LogP contribution in [0.3, 0.4) is 0 Å². The van der Waals surface area contributed by atoms with Gasteiger partial charge in [-0.05, 0) is 52.8 Å². The molecule has 0 aliphatic carbocycles. The minimum absolute atomic E-state index is 0.0895. The van der Waals surface area contributed by atoms with Gasteiger partial charge in [-0.3, -0.25) is 4.79 Å². The highest BCUT2D eigenvalue weighted by Crippen LogP contribution is 2.33. The van der Waals surface area contributed by atoms with Crippen molar-refractivity contribution in [1.82, 2.24) is 5.01 Å². The minimum atomic E-state index is -0.299. The Bertz CT molecular complexity index is 1170. The van der Waals surface area contributed by atoms with Crippen LogP contribution in [0.1, 0.15) is 11.1 Å². The standard InChI is InChI=1S/C22H16N2O3S2/c1-27-16-9-6-14(7-10-16)12-20-21(26)24(22(28)29-20)23-13-18-17-5-3-2-4-15(17)8-11-19(18)25/h2-13,25H,1H3/b20-12?,23-13+. The van der Waals surface area contributed by atoms with Crippen molar-refractivity contribution in [3.8, 4) is 11.5 Å². The average molecular weight is 421 g/mol. The Morgan fingerprint density at radius 2 is 1.86 bits per heavy atom. The number of thioether (sulfide) groups is 1. The molecule has 1 amide bonds. The Balaban J connectivity index is 1.62. The lowest BCUT2D eigenvalue weighted by molar-refractivity contribution is -0.122. The average Bonchev–Trinajstić information content (AvgIpc) is 3.00. The van der Waals surface area contributed by atoms with Crippen molar-refractivity contribution in [2.45, 2.75) is 0 Å². The Kier molecular flexibility index (Phi) is 5.33. The molecular weight excluding hydrogens is 404 g/mol. The molecule has 0 unspecified atom stereocenters. The van der Waals surface area contributed by atoms with E-state index in [0.29, 0.717) is 14.8 Å². The number of nitrogens with zero attached hydrogens (tertiary/aromatic N) is 2. The number of carbonyl (C=O) groups excluding carboxylic acids is 1. The number of hydrogen-bond acceptors (Lipinski definition) is 6. The molecule has 0 saturated carbocycles. The number of methoxy groups -OCH3 is 1. The van der Waals surface area contributed by atoms with E-state index in [9.17, 15) is 9.90 Å². The number of benzene rings is 3. The summed E-state index contributed by atoms with van der Waals surface area (Å²) in [7, 11) is 1.60. The van der Waals surface area contributed by atoms with Crippen LogP contribution in [0.4, 0.5) is 0 Å².